The summed E-state index contributed by atoms with van der Waals surface area (Å²) in [6.07, 6.45) is -3.21. The molecule has 0 amide bonds. The van der Waals surface area contributed by atoms with Gasteiger partial charge in [-0.2, -0.15) is 13.2 Å². The van der Waals surface area contributed by atoms with Crippen LogP contribution < -0.4 is 14.8 Å². The number of phenols is 1. The average molecular weight is 471 g/mol. The molecule has 0 fully saturated rings. The van der Waals surface area contributed by atoms with Crippen LogP contribution in [0.4, 0.5) is 13.2 Å². The second-order valence-electron chi connectivity index (χ2n) is 8.00. The van der Waals surface area contributed by atoms with E-state index in [0.717, 1.165) is 28.8 Å². The molecule has 3 aromatic carbocycles. The van der Waals surface area contributed by atoms with E-state index in [1.165, 1.54) is 6.07 Å². The molecule has 1 atom stereocenters. The van der Waals surface area contributed by atoms with E-state index < -0.39 is 17.8 Å². The maximum Gasteiger partial charge on any atom is 0.416 e. The SMILES string of the molecule is Oc1ccc(C2=Cc3ccc(OC[C@H](O)CNCc4cccc(C(F)(F)F)c4)cc3OC2)cc1. The number of aliphatic hydroxyl groups is 1. The third-order valence-corrected chi connectivity index (χ3v) is 5.34. The lowest BCUT2D eigenvalue weighted by Gasteiger charge is -2.20. The number of aliphatic hydroxyl groups excluding tert-OH is 1. The van der Waals surface area contributed by atoms with Gasteiger partial charge in [-0.1, -0.05) is 30.3 Å². The van der Waals surface area contributed by atoms with Crippen LogP contribution in [-0.4, -0.2) is 36.1 Å². The summed E-state index contributed by atoms with van der Waals surface area (Å²) in [4.78, 5) is 0. The van der Waals surface area contributed by atoms with Crippen molar-refractivity contribution in [3.8, 4) is 17.2 Å². The van der Waals surface area contributed by atoms with Crippen LogP contribution in [0.1, 0.15) is 22.3 Å². The van der Waals surface area contributed by atoms with Gasteiger partial charge in [0.25, 0.3) is 0 Å². The number of alkyl halides is 3. The average Bonchev–Trinajstić information content (AvgIpc) is 2.82. The molecular formula is C26H24F3NO4. The topological polar surface area (TPSA) is 71.0 Å². The summed E-state index contributed by atoms with van der Waals surface area (Å²) in [6, 6.07) is 17.4. The number of nitrogens with one attached hydrogen (secondary N) is 1. The van der Waals surface area contributed by atoms with Crippen molar-refractivity contribution in [3.63, 3.8) is 0 Å². The number of hydrogen-bond acceptors (Lipinski definition) is 5. The van der Waals surface area contributed by atoms with E-state index in [4.69, 9.17) is 9.47 Å². The zero-order valence-corrected chi connectivity index (χ0v) is 18.2. The summed E-state index contributed by atoms with van der Waals surface area (Å²) in [5.41, 5.74) is 2.63. The van der Waals surface area contributed by atoms with Crippen LogP contribution in [0.5, 0.6) is 17.2 Å². The molecule has 5 nitrogen and oxygen atoms in total. The van der Waals surface area contributed by atoms with Gasteiger partial charge < -0.3 is 25.0 Å². The van der Waals surface area contributed by atoms with Crippen molar-refractivity contribution in [2.75, 3.05) is 19.8 Å². The number of benzene rings is 3. The third-order valence-electron chi connectivity index (χ3n) is 5.34. The lowest BCUT2D eigenvalue weighted by atomic mass is 10.0. The zero-order valence-electron chi connectivity index (χ0n) is 18.2. The molecule has 178 valence electrons. The number of hydrogen-bond donors (Lipinski definition) is 3. The van der Waals surface area contributed by atoms with Gasteiger partial charge in [-0.15, -0.1) is 0 Å². The van der Waals surface area contributed by atoms with Crippen molar-refractivity contribution in [1.29, 1.82) is 0 Å². The Balaban J connectivity index is 1.27. The summed E-state index contributed by atoms with van der Waals surface area (Å²) < 4.78 is 49.9. The van der Waals surface area contributed by atoms with E-state index in [9.17, 15) is 23.4 Å². The van der Waals surface area contributed by atoms with Gasteiger partial charge in [0.2, 0.25) is 0 Å². The van der Waals surface area contributed by atoms with E-state index in [2.05, 4.69) is 5.32 Å². The van der Waals surface area contributed by atoms with Crippen LogP contribution in [0.2, 0.25) is 0 Å². The summed E-state index contributed by atoms with van der Waals surface area (Å²) in [7, 11) is 0. The summed E-state index contributed by atoms with van der Waals surface area (Å²) in [6.45, 7) is 0.756. The molecule has 34 heavy (non-hydrogen) atoms. The normalized spacial score (nSPS) is 14.1. The van der Waals surface area contributed by atoms with E-state index >= 15 is 0 Å². The Morgan fingerprint density at radius 2 is 1.82 bits per heavy atom. The molecule has 4 rings (SSSR count). The van der Waals surface area contributed by atoms with E-state index in [0.29, 0.717) is 23.7 Å². The fourth-order valence-corrected chi connectivity index (χ4v) is 3.57. The van der Waals surface area contributed by atoms with Gasteiger partial charge in [-0.05, 0) is 53.1 Å². The number of ether oxygens (including phenoxy) is 2. The first kappa shape index (κ1) is 23.7. The Labute approximate surface area is 195 Å². The highest BCUT2D eigenvalue weighted by atomic mass is 19.4. The fraction of sp³-hybridized carbons (Fsp3) is 0.231. The predicted molar refractivity (Wildman–Crippen MR) is 123 cm³/mol. The van der Waals surface area contributed by atoms with Crippen molar-refractivity contribution >= 4 is 11.6 Å². The fourth-order valence-electron chi connectivity index (χ4n) is 3.57. The number of phenolic OH excluding ortho intramolecular Hbond substituents is 1. The lowest BCUT2D eigenvalue weighted by molar-refractivity contribution is -0.137. The van der Waals surface area contributed by atoms with E-state index in [1.807, 2.05) is 24.3 Å². The van der Waals surface area contributed by atoms with Crippen molar-refractivity contribution in [1.82, 2.24) is 5.32 Å². The molecule has 3 aromatic rings. The van der Waals surface area contributed by atoms with E-state index in [-0.39, 0.29) is 25.4 Å². The lowest BCUT2D eigenvalue weighted by Crippen LogP contribution is -2.31. The van der Waals surface area contributed by atoms with Gasteiger partial charge in [-0.3, -0.25) is 0 Å². The maximum absolute atomic E-state index is 12.8. The molecule has 1 aliphatic heterocycles. The molecule has 0 aliphatic carbocycles. The zero-order chi connectivity index (χ0) is 24.1. The highest BCUT2D eigenvalue weighted by molar-refractivity contribution is 5.85. The summed E-state index contributed by atoms with van der Waals surface area (Å²) >= 11 is 0. The number of aromatic hydroxyl groups is 1. The Morgan fingerprint density at radius 1 is 1.03 bits per heavy atom. The van der Waals surface area contributed by atoms with Crippen LogP contribution in [-0.2, 0) is 12.7 Å². The Hall–Kier alpha value is -3.49. The van der Waals surface area contributed by atoms with Crippen molar-refractivity contribution < 1.29 is 32.9 Å². The Bertz CT molecular complexity index is 1160. The molecule has 1 aliphatic rings. The third kappa shape index (κ3) is 6.09. The van der Waals surface area contributed by atoms with Crippen LogP contribution in [0, 0.1) is 0 Å². The molecule has 0 spiro atoms. The molecule has 3 N–H and O–H groups in total. The smallest absolute Gasteiger partial charge is 0.416 e. The van der Waals surface area contributed by atoms with Crippen LogP contribution in [0.25, 0.3) is 11.6 Å². The van der Waals surface area contributed by atoms with Crippen LogP contribution in [0.15, 0.2) is 66.7 Å². The Morgan fingerprint density at radius 3 is 2.59 bits per heavy atom. The van der Waals surface area contributed by atoms with Crippen molar-refractivity contribution in [3.05, 3.63) is 89.0 Å². The highest BCUT2D eigenvalue weighted by Gasteiger charge is 2.30. The highest BCUT2D eigenvalue weighted by Crippen LogP contribution is 2.34. The quantitative estimate of drug-likeness (QED) is 0.437. The number of fused-ring (bicyclic) bond motifs is 1. The molecule has 0 radical (unpaired) electrons. The minimum Gasteiger partial charge on any atom is -0.508 e. The summed E-state index contributed by atoms with van der Waals surface area (Å²) in [5.74, 6) is 1.41. The molecule has 1 heterocycles. The number of rotatable bonds is 8. The van der Waals surface area contributed by atoms with Gasteiger partial charge in [0, 0.05) is 24.7 Å². The van der Waals surface area contributed by atoms with Crippen molar-refractivity contribution in [2.24, 2.45) is 0 Å². The molecule has 0 bridgehead atoms. The molecule has 0 saturated heterocycles. The predicted octanol–water partition coefficient (Wildman–Crippen LogP) is 4.87. The van der Waals surface area contributed by atoms with Gasteiger partial charge in [0.05, 0.1) is 5.56 Å². The molecule has 0 saturated carbocycles. The van der Waals surface area contributed by atoms with E-state index in [1.54, 1.807) is 30.3 Å². The van der Waals surface area contributed by atoms with Crippen LogP contribution in [0.3, 0.4) is 0 Å². The monoisotopic (exact) mass is 471 g/mol. The first-order valence-electron chi connectivity index (χ1n) is 10.7. The largest absolute Gasteiger partial charge is 0.508 e. The number of halogens is 3. The molecule has 0 aromatic heterocycles. The van der Waals surface area contributed by atoms with Gasteiger partial charge in [-0.25, -0.2) is 0 Å². The summed E-state index contributed by atoms with van der Waals surface area (Å²) in [5, 5.41) is 22.6. The van der Waals surface area contributed by atoms with Gasteiger partial charge in [0.1, 0.15) is 36.6 Å². The van der Waals surface area contributed by atoms with Gasteiger partial charge in [0.15, 0.2) is 0 Å². The second kappa shape index (κ2) is 10.2. The Kier molecular flexibility index (Phi) is 7.09. The molecular weight excluding hydrogens is 447 g/mol. The first-order valence-corrected chi connectivity index (χ1v) is 10.7. The van der Waals surface area contributed by atoms with Gasteiger partial charge >= 0.3 is 6.18 Å². The molecule has 0 unspecified atom stereocenters. The van der Waals surface area contributed by atoms with Crippen molar-refractivity contribution in [2.45, 2.75) is 18.8 Å². The standard InChI is InChI=1S/C26H24F3NO4/c27-26(28,29)21-3-1-2-17(10-21)13-30-14-23(32)16-33-24-9-6-19-11-20(15-34-25(19)12-24)18-4-7-22(31)8-5-18/h1-12,23,30-32H,13-16H2/t23-/m1/s1. The maximum atomic E-state index is 12.8. The van der Waals surface area contributed by atoms with Crippen LogP contribution >= 0.6 is 0 Å². The minimum absolute atomic E-state index is 0.0168. The second-order valence-corrected chi connectivity index (χ2v) is 8.00. The first-order chi connectivity index (χ1) is 16.3. The minimum atomic E-state index is -4.38. The molecule has 8 heteroatoms.